The fourth-order valence-electron chi connectivity index (χ4n) is 1.96. The maximum absolute atomic E-state index is 13.1. The molecule has 3 heteroatoms. The van der Waals surface area contributed by atoms with E-state index >= 15 is 0 Å². The van der Waals surface area contributed by atoms with Gasteiger partial charge in [0.1, 0.15) is 5.82 Å². The van der Waals surface area contributed by atoms with Gasteiger partial charge in [0, 0.05) is 12.2 Å². The van der Waals surface area contributed by atoms with Gasteiger partial charge < -0.3 is 5.32 Å². The summed E-state index contributed by atoms with van der Waals surface area (Å²) in [6, 6.07) is 1.87. The summed E-state index contributed by atoms with van der Waals surface area (Å²) in [5, 5.41) is 3.48. The molecule has 16 heavy (non-hydrogen) atoms. The van der Waals surface area contributed by atoms with Crippen molar-refractivity contribution in [2.24, 2.45) is 5.92 Å². The number of hydrogen-bond acceptors (Lipinski definition) is 2. The fraction of sp³-hybridized carbons (Fsp3) is 0.615. The van der Waals surface area contributed by atoms with E-state index in [0.29, 0.717) is 0 Å². The molecule has 1 aromatic heterocycles. The van der Waals surface area contributed by atoms with Gasteiger partial charge in [-0.25, -0.2) is 4.39 Å². The Morgan fingerprint density at radius 3 is 2.94 bits per heavy atom. The third-order valence-corrected chi connectivity index (χ3v) is 3.04. The molecule has 0 spiro atoms. The number of aromatic nitrogens is 1. The minimum Gasteiger partial charge on any atom is -0.310 e. The molecule has 0 saturated heterocycles. The smallest absolute Gasteiger partial charge is 0.141 e. The summed E-state index contributed by atoms with van der Waals surface area (Å²) in [6.07, 6.45) is 7.91. The SMILES string of the molecule is CCCNC(CC1CC1)c1cncc(F)c1. The topological polar surface area (TPSA) is 24.9 Å². The second-order valence-electron chi connectivity index (χ2n) is 4.62. The van der Waals surface area contributed by atoms with Crippen molar-refractivity contribution >= 4 is 0 Å². The Morgan fingerprint density at radius 2 is 2.31 bits per heavy atom. The van der Waals surface area contributed by atoms with Crippen LogP contribution in [-0.4, -0.2) is 11.5 Å². The van der Waals surface area contributed by atoms with Gasteiger partial charge in [0.2, 0.25) is 0 Å². The van der Waals surface area contributed by atoms with E-state index in [0.717, 1.165) is 30.9 Å². The van der Waals surface area contributed by atoms with E-state index in [9.17, 15) is 4.39 Å². The minimum absolute atomic E-state index is 0.239. The summed E-state index contributed by atoms with van der Waals surface area (Å²) in [7, 11) is 0. The summed E-state index contributed by atoms with van der Waals surface area (Å²) in [5.74, 6) is 0.592. The van der Waals surface area contributed by atoms with Crippen LogP contribution >= 0.6 is 0 Å². The van der Waals surface area contributed by atoms with Crippen LogP contribution in [0, 0.1) is 11.7 Å². The maximum Gasteiger partial charge on any atom is 0.141 e. The van der Waals surface area contributed by atoms with Gasteiger partial charge in [-0.2, -0.15) is 0 Å². The molecule has 2 rings (SSSR count). The van der Waals surface area contributed by atoms with E-state index in [4.69, 9.17) is 0 Å². The molecular formula is C13H19FN2. The monoisotopic (exact) mass is 222 g/mol. The molecule has 1 aliphatic carbocycles. The molecule has 1 unspecified atom stereocenters. The Labute approximate surface area is 96.3 Å². The number of pyridine rings is 1. The second kappa shape index (κ2) is 5.39. The van der Waals surface area contributed by atoms with Gasteiger partial charge in [-0.1, -0.05) is 19.8 Å². The molecule has 0 radical (unpaired) electrons. The van der Waals surface area contributed by atoms with Gasteiger partial charge in [0.15, 0.2) is 0 Å². The number of nitrogens with zero attached hydrogens (tertiary/aromatic N) is 1. The Bertz CT molecular complexity index is 336. The number of halogens is 1. The van der Waals surface area contributed by atoms with Crippen LogP contribution in [0.2, 0.25) is 0 Å². The summed E-state index contributed by atoms with van der Waals surface area (Å²) in [6.45, 7) is 3.12. The van der Waals surface area contributed by atoms with E-state index in [-0.39, 0.29) is 11.9 Å². The molecule has 1 aliphatic rings. The molecule has 1 N–H and O–H groups in total. The van der Waals surface area contributed by atoms with Crippen molar-refractivity contribution in [3.8, 4) is 0 Å². The predicted molar refractivity (Wildman–Crippen MR) is 62.6 cm³/mol. The van der Waals surface area contributed by atoms with Crippen LogP contribution in [0.3, 0.4) is 0 Å². The maximum atomic E-state index is 13.1. The van der Waals surface area contributed by atoms with Crippen molar-refractivity contribution in [2.45, 2.75) is 38.6 Å². The van der Waals surface area contributed by atoms with Crippen molar-refractivity contribution in [3.05, 3.63) is 29.8 Å². The van der Waals surface area contributed by atoms with Crippen molar-refractivity contribution in [2.75, 3.05) is 6.54 Å². The van der Waals surface area contributed by atoms with Crippen LogP contribution in [-0.2, 0) is 0 Å². The third kappa shape index (κ3) is 3.27. The van der Waals surface area contributed by atoms with E-state index in [1.165, 1.54) is 19.0 Å². The van der Waals surface area contributed by atoms with Gasteiger partial charge in [-0.3, -0.25) is 4.98 Å². The van der Waals surface area contributed by atoms with Gasteiger partial charge in [0.25, 0.3) is 0 Å². The van der Waals surface area contributed by atoms with Crippen molar-refractivity contribution in [1.82, 2.24) is 10.3 Å². The highest BCUT2D eigenvalue weighted by molar-refractivity contribution is 5.15. The van der Waals surface area contributed by atoms with Crippen molar-refractivity contribution < 1.29 is 4.39 Å². The number of hydrogen-bond donors (Lipinski definition) is 1. The number of nitrogens with one attached hydrogen (secondary N) is 1. The molecule has 1 heterocycles. The molecule has 0 aromatic carbocycles. The molecule has 0 amide bonds. The quantitative estimate of drug-likeness (QED) is 0.800. The first-order valence-corrected chi connectivity index (χ1v) is 6.13. The Morgan fingerprint density at radius 1 is 1.50 bits per heavy atom. The highest BCUT2D eigenvalue weighted by Crippen LogP contribution is 2.37. The van der Waals surface area contributed by atoms with Crippen LogP contribution in [0.25, 0.3) is 0 Å². The normalized spacial score (nSPS) is 17.4. The summed E-state index contributed by atoms with van der Waals surface area (Å²) < 4.78 is 13.1. The third-order valence-electron chi connectivity index (χ3n) is 3.04. The van der Waals surface area contributed by atoms with Gasteiger partial charge in [-0.05, 0) is 36.9 Å². The lowest BCUT2D eigenvalue weighted by Crippen LogP contribution is -2.22. The van der Waals surface area contributed by atoms with Crippen LogP contribution < -0.4 is 5.32 Å². The first-order valence-electron chi connectivity index (χ1n) is 6.13. The Kier molecular flexibility index (Phi) is 3.88. The summed E-state index contributed by atoms with van der Waals surface area (Å²) in [4.78, 5) is 3.93. The summed E-state index contributed by atoms with van der Waals surface area (Å²) in [5.41, 5.74) is 0.986. The molecular weight excluding hydrogens is 203 g/mol. The van der Waals surface area contributed by atoms with Crippen molar-refractivity contribution in [3.63, 3.8) is 0 Å². The molecule has 1 atom stereocenters. The van der Waals surface area contributed by atoms with Gasteiger partial charge in [0.05, 0.1) is 6.20 Å². The molecule has 0 aliphatic heterocycles. The average Bonchev–Trinajstić information content (AvgIpc) is 3.08. The van der Waals surface area contributed by atoms with E-state index in [2.05, 4.69) is 17.2 Å². The van der Waals surface area contributed by atoms with E-state index < -0.39 is 0 Å². The average molecular weight is 222 g/mol. The second-order valence-corrected chi connectivity index (χ2v) is 4.62. The van der Waals surface area contributed by atoms with Crippen LogP contribution in [0.15, 0.2) is 18.5 Å². The van der Waals surface area contributed by atoms with Gasteiger partial charge in [-0.15, -0.1) is 0 Å². The van der Waals surface area contributed by atoms with E-state index in [1.54, 1.807) is 12.3 Å². The predicted octanol–water partition coefficient (Wildman–Crippen LogP) is 3.06. The molecule has 1 fully saturated rings. The highest BCUT2D eigenvalue weighted by Gasteiger charge is 2.26. The lowest BCUT2D eigenvalue weighted by atomic mass is 10.0. The first kappa shape index (κ1) is 11.5. The van der Waals surface area contributed by atoms with Crippen LogP contribution in [0.4, 0.5) is 4.39 Å². The first-order chi connectivity index (χ1) is 7.79. The van der Waals surface area contributed by atoms with Crippen molar-refractivity contribution in [1.29, 1.82) is 0 Å². The zero-order chi connectivity index (χ0) is 11.4. The van der Waals surface area contributed by atoms with Crippen LogP contribution in [0.1, 0.15) is 44.2 Å². The molecule has 0 bridgehead atoms. The van der Waals surface area contributed by atoms with Crippen LogP contribution in [0.5, 0.6) is 0 Å². The molecule has 2 nitrogen and oxygen atoms in total. The largest absolute Gasteiger partial charge is 0.310 e. The Hall–Kier alpha value is -0.960. The number of rotatable bonds is 6. The lowest BCUT2D eigenvalue weighted by Gasteiger charge is -2.18. The zero-order valence-electron chi connectivity index (χ0n) is 9.75. The highest BCUT2D eigenvalue weighted by atomic mass is 19.1. The minimum atomic E-state index is -0.239. The molecule has 88 valence electrons. The Balaban J connectivity index is 2.03. The lowest BCUT2D eigenvalue weighted by molar-refractivity contribution is 0.469. The summed E-state index contributed by atoms with van der Waals surface area (Å²) >= 11 is 0. The molecule has 1 saturated carbocycles. The fourth-order valence-corrected chi connectivity index (χ4v) is 1.96. The van der Waals surface area contributed by atoms with E-state index in [1.807, 2.05) is 0 Å². The zero-order valence-corrected chi connectivity index (χ0v) is 9.75. The molecule has 1 aromatic rings. The standard InChI is InChI=1S/C13H19FN2/c1-2-5-16-13(6-10-3-4-10)11-7-12(14)9-15-8-11/h7-10,13,16H,2-6H2,1H3. The van der Waals surface area contributed by atoms with Gasteiger partial charge >= 0.3 is 0 Å².